The number of esters is 2. The van der Waals surface area contributed by atoms with Crippen molar-refractivity contribution < 1.29 is 47.6 Å². The Morgan fingerprint density at radius 3 is 1.54 bits per heavy atom. The predicted octanol–water partition coefficient (Wildman–Crippen LogP) is 6.22. The molecule has 0 bridgehead atoms. The Morgan fingerprint density at radius 2 is 1.08 bits per heavy atom. The van der Waals surface area contributed by atoms with E-state index in [2.05, 4.69) is 4.90 Å². The summed E-state index contributed by atoms with van der Waals surface area (Å²) in [6.45, 7) is 12.9. The molecule has 0 aliphatic carbocycles. The van der Waals surface area contributed by atoms with Crippen LogP contribution >= 0.6 is 0 Å². The molecule has 0 N–H and O–H groups in total. The number of hydrogen-bond acceptors (Lipinski definition) is 12. The van der Waals surface area contributed by atoms with Crippen molar-refractivity contribution >= 4 is 24.2 Å². The van der Waals surface area contributed by atoms with Gasteiger partial charge in [0.15, 0.2) is 0 Å². The molecule has 12 nitrogen and oxygen atoms in total. The monoisotopic (exact) mass is 694 g/mol. The van der Waals surface area contributed by atoms with Crippen molar-refractivity contribution in [2.75, 3.05) is 32.8 Å². The summed E-state index contributed by atoms with van der Waals surface area (Å²) in [5, 5.41) is 0. The van der Waals surface area contributed by atoms with Gasteiger partial charge >= 0.3 is 24.2 Å². The van der Waals surface area contributed by atoms with E-state index in [0.29, 0.717) is 37.3 Å². The van der Waals surface area contributed by atoms with Crippen LogP contribution in [0.4, 0.5) is 9.59 Å². The second-order valence-electron chi connectivity index (χ2n) is 15.0. The Labute approximate surface area is 294 Å². The fourth-order valence-electron chi connectivity index (χ4n) is 6.98. The van der Waals surface area contributed by atoms with E-state index in [9.17, 15) is 19.2 Å². The van der Waals surface area contributed by atoms with Crippen LogP contribution in [0.1, 0.15) is 84.8 Å². The van der Waals surface area contributed by atoms with Crippen LogP contribution in [0.15, 0.2) is 48.5 Å². The maximum absolute atomic E-state index is 14.1. The molecule has 2 unspecified atom stereocenters. The van der Waals surface area contributed by atoms with Gasteiger partial charge in [0.2, 0.25) is 0 Å². The van der Waals surface area contributed by atoms with Crippen molar-refractivity contribution in [2.24, 2.45) is 0 Å². The standard InChI is InChI=1S/C38H50N2O10/c1-35(2,3)49-33(43)47-29-15-11-27(12-16-29)19-25-45-31(41)38(37-21-8-7-9-22-39(37)23-10-24-40(37)38)32(42)46-26-20-28-13-17-30(18-14-28)48-34(44)50-36(4,5)6/h11-18H,7-10,19-26H2,1-6H3. The minimum absolute atomic E-state index is 0.0712. The number of ether oxygens (including phenoxy) is 6. The molecule has 2 aromatic rings. The Bertz CT molecular complexity index is 1440. The number of nitrogens with zero attached hydrogens (tertiary/aromatic N) is 2. The van der Waals surface area contributed by atoms with Crippen LogP contribution in [-0.4, -0.2) is 89.3 Å². The van der Waals surface area contributed by atoms with E-state index in [-0.39, 0.29) is 13.2 Å². The lowest BCUT2D eigenvalue weighted by Gasteiger charge is -2.34. The van der Waals surface area contributed by atoms with Crippen LogP contribution in [0.2, 0.25) is 0 Å². The number of benzene rings is 2. The Kier molecular flexibility index (Phi) is 11.1. The molecule has 1 spiro atoms. The molecule has 2 atom stereocenters. The lowest BCUT2D eigenvalue weighted by Crippen LogP contribution is -2.52. The van der Waals surface area contributed by atoms with Crippen LogP contribution in [0, 0.1) is 0 Å². The first-order valence-corrected chi connectivity index (χ1v) is 17.5. The van der Waals surface area contributed by atoms with E-state index in [0.717, 1.165) is 49.9 Å². The zero-order valence-corrected chi connectivity index (χ0v) is 30.1. The molecule has 3 saturated heterocycles. The third kappa shape index (κ3) is 8.40. The molecule has 5 rings (SSSR count). The lowest BCUT2D eigenvalue weighted by molar-refractivity contribution is -0.162. The third-order valence-electron chi connectivity index (χ3n) is 9.03. The minimum atomic E-state index is -1.52. The Hall–Kier alpha value is -4.16. The van der Waals surface area contributed by atoms with Crippen molar-refractivity contribution in [3.05, 3.63) is 59.7 Å². The highest BCUT2D eigenvalue weighted by molar-refractivity contribution is 6.11. The second-order valence-corrected chi connectivity index (χ2v) is 15.0. The van der Waals surface area contributed by atoms with Crippen molar-refractivity contribution in [3.63, 3.8) is 0 Å². The van der Waals surface area contributed by atoms with Crippen LogP contribution in [0.5, 0.6) is 11.5 Å². The normalized spacial score (nSPS) is 21.4. The summed E-state index contributed by atoms with van der Waals surface area (Å²) in [6, 6.07) is 13.8. The highest BCUT2D eigenvalue weighted by atomic mass is 16.7. The average Bonchev–Trinajstić information content (AvgIpc) is 3.71. The first-order valence-electron chi connectivity index (χ1n) is 17.5. The molecule has 272 valence electrons. The van der Waals surface area contributed by atoms with Gasteiger partial charge in [-0.05, 0) is 103 Å². The summed E-state index contributed by atoms with van der Waals surface area (Å²) in [5.41, 5.74) is -1.85. The Balaban J connectivity index is 1.21. The molecule has 3 aliphatic heterocycles. The molecule has 2 aromatic carbocycles. The average molecular weight is 695 g/mol. The fourth-order valence-corrected chi connectivity index (χ4v) is 6.98. The number of hydrogen-bond donors (Lipinski definition) is 0. The maximum Gasteiger partial charge on any atom is 0.514 e. The van der Waals surface area contributed by atoms with E-state index < -0.39 is 46.7 Å². The van der Waals surface area contributed by atoms with Crippen LogP contribution < -0.4 is 9.47 Å². The summed E-state index contributed by atoms with van der Waals surface area (Å²) >= 11 is 0. The molecule has 0 saturated carbocycles. The van der Waals surface area contributed by atoms with Gasteiger partial charge in [-0.3, -0.25) is 9.80 Å². The number of carbonyl (C=O) groups excluding carboxylic acids is 4. The molecule has 0 amide bonds. The topological polar surface area (TPSA) is 130 Å². The predicted molar refractivity (Wildman–Crippen MR) is 183 cm³/mol. The largest absolute Gasteiger partial charge is 0.514 e. The van der Waals surface area contributed by atoms with Gasteiger partial charge in [0, 0.05) is 25.9 Å². The fraction of sp³-hybridized carbons (Fsp3) is 0.579. The van der Waals surface area contributed by atoms with Gasteiger partial charge in [-0.25, -0.2) is 19.2 Å². The highest BCUT2D eigenvalue weighted by Crippen LogP contribution is 2.61. The van der Waals surface area contributed by atoms with Crippen molar-refractivity contribution in [2.45, 2.75) is 109 Å². The summed E-state index contributed by atoms with van der Waals surface area (Å²) in [4.78, 5) is 56.5. The summed E-state index contributed by atoms with van der Waals surface area (Å²) in [6.07, 6.45) is 3.74. The Morgan fingerprint density at radius 1 is 0.620 bits per heavy atom. The van der Waals surface area contributed by atoms with Gasteiger partial charge in [0.05, 0.1) is 13.2 Å². The maximum atomic E-state index is 14.1. The van der Waals surface area contributed by atoms with E-state index >= 15 is 0 Å². The molecule has 0 radical (unpaired) electrons. The van der Waals surface area contributed by atoms with Gasteiger partial charge in [-0.1, -0.05) is 37.1 Å². The summed E-state index contributed by atoms with van der Waals surface area (Å²) < 4.78 is 32.7. The van der Waals surface area contributed by atoms with Gasteiger partial charge in [-0.15, -0.1) is 0 Å². The first-order chi connectivity index (χ1) is 23.6. The molecular weight excluding hydrogens is 644 g/mol. The van der Waals surface area contributed by atoms with Crippen molar-refractivity contribution in [1.29, 1.82) is 0 Å². The van der Waals surface area contributed by atoms with Crippen LogP contribution in [0.25, 0.3) is 0 Å². The highest BCUT2D eigenvalue weighted by Gasteiger charge is 2.87. The van der Waals surface area contributed by atoms with Gasteiger partial charge in [0.25, 0.3) is 5.54 Å². The zero-order chi connectivity index (χ0) is 36.2. The summed E-state index contributed by atoms with van der Waals surface area (Å²) in [5.74, 6) is -0.474. The molecular formula is C38H50N2O10. The van der Waals surface area contributed by atoms with E-state index in [1.54, 1.807) is 90.1 Å². The zero-order valence-electron chi connectivity index (χ0n) is 30.1. The molecule has 3 aliphatic rings. The molecule has 50 heavy (non-hydrogen) atoms. The van der Waals surface area contributed by atoms with Gasteiger partial charge in [-0.2, -0.15) is 0 Å². The minimum Gasteiger partial charge on any atom is -0.463 e. The summed E-state index contributed by atoms with van der Waals surface area (Å²) in [7, 11) is 0. The SMILES string of the molecule is CC(C)(C)OC(=O)Oc1ccc(CCOC(=O)C2(C(=O)OCCc3ccc(OC(=O)OC(C)(C)C)cc3)N3CCCN4CCCCCC432)cc1. The quantitative estimate of drug-likeness (QED) is 0.0921. The smallest absolute Gasteiger partial charge is 0.463 e. The van der Waals surface area contributed by atoms with Crippen LogP contribution in [0.3, 0.4) is 0 Å². The molecule has 3 fully saturated rings. The molecule has 0 aromatic heterocycles. The molecule has 12 heteroatoms. The number of rotatable bonds is 10. The van der Waals surface area contributed by atoms with E-state index in [4.69, 9.17) is 28.4 Å². The number of carbonyl (C=O) groups is 4. The lowest BCUT2D eigenvalue weighted by atomic mass is 9.94. The second kappa shape index (κ2) is 15.0. The van der Waals surface area contributed by atoms with Gasteiger partial charge in [0.1, 0.15) is 28.4 Å². The van der Waals surface area contributed by atoms with Crippen molar-refractivity contribution in [3.8, 4) is 11.5 Å². The van der Waals surface area contributed by atoms with Crippen LogP contribution in [-0.2, 0) is 41.4 Å². The van der Waals surface area contributed by atoms with Gasteiger partial charge < -0.3 is 28.4 Å². The van der Waals surface area contributed by atoms with E-state index in [1.165, 1.54) is 0 Å². The van der Waals surface area contributed by atoms with E-state index in [1.807, 2.05) is 4.90 Å². The first kappa shape index (κ1) is 37.1. The third-order valence-corrected chi connectivity index (χ3v) is 9.03. The molecule has 3 heterocycles. The van der Waals surface area contributed by atoms with Crippen molar-refractivity contribution in [1.82, 2.24) is 9.80 Å².